The van der Waals surface area contributed by atoms with Gasteiger partial charge in [-0.15, -0.1) is 23.7 Å². The number of nitrogens with zero attached hydrogens (tertiary/aromatic N) is 1. The number of methoxy groups -OCH3 is 1. The molecule has 0 saturated carbocycles. The largest absolute Gasteiger partial charge is 0.497 e. The number of benzene rings is 1. The number of ether oxygens (including phenoxy) is 1. The van der Waals surface area contributed by atoms with Crippen molar-refractivity contribution in [2.24, 2.45) is 0 Å². The SMILES string of the molecule is COc1cccc(Cc2csc(N)n2)c1.Cl. The molecule has 0 aliphatic carbocycles. The van der Waals surface area contributed by atoms with Crippen molar-refractivity contribution in [3.63, 3.8) is 0 Å². The van der Waals surface area contributed by atoms with E-state index < -0.39 is 0 Å². The number of rotatable bonds is 3. The Kier molecular flexibility index (Phi) is 4.58. The molecule has 0 radical (unpaired) electrons. The zero-order valence-corrected chi connectivity index (χ0v) is 10.5. The fourth-order valence-electron chi connectivity index (χ4n) is 1.40. The maximum absolute atomic E-state index is 5.57. The second-order valence-corrected chi connectivity index (χ2v) is 4.10. The first-order valence-electron chi connectivity index (χ1n) is 4.61. The van der Waals surface area contributed by atoms with E-state index in [1.165, 1.54) is 16.9 Å². The van der Waals surface area contributed by atoms with Crippen molar-refractivity contribution in [1.82, 2.24) is 4.98 Å². The lowest BCUT2D eigenvalue weighted by atomic mass is 10.1. The molecule has 2 N–H and O–H groups in total. The lowest BCUT2D eigenvalue weighted by Crippen LogP contribution is -1.91. The van der Waals surface area contributed by atoms with Crippen LogP contribution >= 0.6 is 23.7 Å². The molecule has 0 atom stereocenters. The Morgan fingerprint density at radius 3 is 2.88 bits per heavy atom. The Morgan fingerprint density at radius 2 is 2.25 bits per heavy atom. The van der Waals surface area contributed by atoms with Crippen LogP contribution in [0.15, 0.2) is 29.6 Å². The summed E-state index contributed by atoms with van der Waals surface area (Å²) in [5, 5.41) is 2.60. The minimum atomic E-state index is 0. The van der Waals surface area contributed by atoms with E-state index >= 15 is 0 Å². The van der Waals surface area contributed by atoms with E-state index in [4.69, 9.17) is 10.5 Å². The van der Waals surface area contributed by atoms with Crippen LogP contribution in [-0.4, -0.2) is 12.1 Å². The van der Waals surface area contributed by atoms with Crippen LogP contribution in [0.2, 0.25) is 0 Å². The number of nitrogen functional groups attached to an aromatic ring is 1. The number of hydrogen-bond acceptors (Lipinski definition) is 4. The Balaban J connectivity index is 0.00000128. The molecule has 0 aliphatic heterocycles. The van der Waals surface area contributed by atoms with Crippen LogP contribution in [0.4, 0.5) is 5.13 Å². The van der Waals surface area contributed by atoms with Gasteiger partial charge >= 0.3 is 0 Å². The van der Waals surface area contributed by atoms with Gasteiger partial charge in [0.2, 0.25) is 0 Å². The lowest BCUT2D eigenvalue weighted by Gasteiger charge is -2.02. The summed E-state index contributed by atoms with van der Waals surface area (Å²) in [5.74, 6) is 0.871. The Hall–Kier alpha value is -1.26. The van der Waals surface area contributed by atoms with Gasteiger partial charge in [0.1, 0.15) is 5.75 Å². The van der Waals surface area contributed by atoms with E-state index in [-0.39, 0.29) is 12.4 Å². The molecule has 0 fully saturated rings. The summed E-state index contributed by atoms with van der Waals surface area (Å²) >= 11 is 1.47. The predicted molar refractivity (Wildman–Crippen MR) is 69.6 cm³/mol. The van der Waals surface area contributed by atoms with Crippen LogP contribution in [0.1, 0.15) is 11.3 Å². The molecule has 0 bridgehead atoms. The molecule has 0 spiro atoms. The molecule has 0 unspecified atom stereocenters. The number of nitrogens with two attached hydrogens (primary N) is 1. The zero-order valence-electron chi connectivity index (χ0n) is 8.84. The maximum atomic E-state index is 5.57. The molecule has 0 aliphatic rings. The Bertz CT molecular complexity index is 459. The van der Waals surface area contributed by atoms with Gasteiger partial charge in [-0.3, -0.25) is 0 Å². The first kappa shape index (κ1) is 12.8. The normalized spacial score (nSPS) is 9.56. The topological polar surface area (TPSA) is 48.1 Å². The standard InChI is InChI=1S/C11H12N2OS.ClH/c1-14-10-4-2-3-8(6-10)5-9-7-15-11(12)13-9;/h2-4,6-7H,5H2,1H3,(H2,12,13);1H. The van der Waals surface area contributed by atoms with E-state index in [0.717, 1.165) is 17.9 Å². The van der Waals surface area contributed by atoms with Gasteiger partial charge in [0, 0.05) is 11.8 Å². The van der Waals surface area contributed by atoms with Gasteiger partial charge in [-0.2, -0.15) is 0 Å². The molecule has 2 aromatic rings. The highest BCUT2D eigenvalue weighted by atomic mass is 35.5. The first-order chi connectivity index (χ1) is 7.28. The number of hydrogen-bond donors (Lipinski definition) is 1. The van der Waals surface area contributed by atoms with Gasteiger partial charge in [0.15, 0.2) is 5.13 Å². The summed E-state index contributed by atoms with van der Waals surface area (Å²) in [6, 6.07) is 7.97. The van der Waals surface area contributed by atoms with Crippen LogP contribution in [0.25, 0.3) is 0 Å². The van der Waals surface area contributed by atoms with Crippen LogP contribution in [0.5, 0.6) is 5.75 Å². The van der Waals surface area contributed by atoms with Gasteiger partial charge < -0.3 is 10.5 Å². The first-order valence-corrected chi connectivity index (χ1v) is 5.48. The van der Waals surface area contributed by atoms with Crippen LogP contribution in [-0.2, 0) is 6.42 Å². The number of aromatic nitrogens is 1. The molecule has 5 heteroatoms. The smallest absolute Gasteiger partial charge is 0.180 e. The second-order valence-electron chi connectivity index (χ2n) is 3.21. The molecule has 1 aromatic carbocycles. The fourth-order valence-corrected chi connectivity index (χ4v) is 1.96. The van der Waals surface area contributed by atoms with Crippen molar-refractivity contribution in [2.45, 2.75) is 6.42 Å². The van der Waals surface area contributed by atoms with Crippen molar-refractivity contribution in [2.75, 3.05) is 12.8 Å². The van der Waals surface area contributed by atoms with Crippen molar-refractivity contribution >= 4 is 28.9 Å². The van der Waals surface area contributed by atoms with Gasteiger partial charge in [-0.25, -0.2) is 4.98 Å². The van der Waals surface area contributed by atoms with Crippen LogP contribution in [0.3, 0.4) is 0 Å². The highest BCUT2D eigenvalue weighted by Crippen LogP contribution is 2.18. The third-order valence-electron chi connectivity index (χ3n) is 2.09. The molecule has 1 aromatic heterocycles. The van der Waals surface area contributed by atoms with E-state index in [0.29, 0.717) is 5.13 Å². The van der Waals surface area contributed by atoms with Gasteiger partial charge in [-0.05, 0) is 17.7 Å². The summed E-state index contributed by atoms with van der Waals surface area (Å²) in [6.07, 6.45) is 0.797. The summed E-state index contributed by atoms with van der Waals surface area (Å²) < 4.78 is 5.16. The minimum Gasteiger partial charge on any atom is -0.497 e. The van der Waals surface area contributed by atoms with E-state index in [1.54, 1.807) is 7.11 Å². The fraction of sp³-hybridized carbons (Fsp3) is 0.182. The lowest BCUT2D eigenvalue weighted by molar-refractivity contribution is 0.414. The maximum Gasteiger partial charge on any atom is 0.180 e. The molecule has 16 heavy (non-hydrogen) atoms. The van der Waals surface area contributed by atoms with Crippen molar-refractivity contribution in [3.8, 4) is 5.75 Å². The predicted octanol–water partition coefficient (Wildman–Crippen LogP) is 2.75. The average molecular weight is 257 g/mol. The van der Waals surface area contributed by atoms with Gasteiger partial charge in [0.25, 0.3) is 0 Å². The molecule has 3 nitrogen and oxygen atoms in total. The molecular weight excluding hydrogens is 244 g/mol. The highest BCUT2D eigenvalue weighted by Gasteiger charge is 2.01. The van der Waals surface area contributed by atoms with Crippen molar-refractivity contribution in [1.29, 1.82) is 0 Å². The minimum absolute atomic E-state index is 0. The Labute approximate surface area is 105 Å². The van der Waals surface area contributed by atoms with Gasteiger partial charge in [0.05, 0.1) is 12.8 Å². The average Bonchev–Trinajstić information content (AvgIpc) is 2.64. The molecular formula is C11H13ClN2OS. The van der Waals surface area contributed by atoms with Gasteiger partial charge in [-0.1, -0.05) is 12.1 Å². The molecule has 0 amide bonds. The van der Waals surface area contributed by atoms with Crippen molar-refractivity contribution in [3.05, 3.63) is 40.9 Å². The number of anilines is 1. The second kappa shape index (κ2) is 5.72. The third kappa shape index (κ3) is 3.12. The molecule has 86 valence electrons. The molecule has 2 rings (SSSR count). The zero-order chi connectivity index (χ0) is 10.7. The van der Waals surface area contributed by atoms with Crippen molar-refractivity contribution < 1.29 is 4.74 Å². The summed E-state index contributed by atoms with van der Waals surface area (Å²) in [6.45, 7) is 0. The third-order valence-corrected chi connectivity index (χ3v) is 2.81. The van der Waals surface area contributed by atoms with Crippen LogP contribution in [0, 0.1) is 0 Å². The quantitative estimate of drug-likeness (QED) is 0.919. The summed E-state index contributed by atoms with van der Waals surface area (Å²) in [4.78, 5) is 4.22. The summed E-state index contributed by atoms with van der Waals surface area (Å²) in [5.41, 5.74) is 7.76. The van der Waals surface area contributed by atoms with E-state index in [2.05, 4.69) is 11.1 Å². The van der Waals surface area contributed by atoms with Crippen LogP contribution < -0.4 is 10.5 Å². The van der Waals surface area contributed by atoms with E-state index in [9.17, 15) is 0 Å². The monoisotopic (exact) mass is 256 g/mol. The number of thiazole rings is 1. The molecule has 0 saturated heterocycles. The number of halogens is 1. The molecule has 1 heterocycles. The summed E-state index contributed by atoms with van der Waals surface area (Å²) in [7, 11) is 1.67. The Morgan fingerprint density at radius 1 is 1.44 bits per heavy atom. The highest BCUT2D eigenvalue weighted by molar-refractivity contribution is 7.13. The van der Waals surface area contributed by atoms with E-state index in [1.807, 2.05) is 23.6 Å².